The summed E-state index contributed by atoms with van der Waals surface area (Å²) < 4.78 is 52.2. The van der Waals surface area contributed by atoms with Gasteiger partial charge in [0, 0.05) is 41.7 Å². The zero-order chi connectivity index (χ0) is 37.7. The van der Waals surface area contributed by atoms with Crippen LogP contribution in [0.5, 0.6) is 5.75 Å². The zero-order valence-electron chi connectivity index (χ0n) is 29.2. The number of carbonyl (C=O) groups is 3. The second kappa shape index (κ2) is 19.9. The number of amides is 3. The Morgan fingerprint density at radius 2 is 1.60 bits per heavy atom. The lowest BCUT2D eigenvalue weighted by Crippen LogP contribution is -2.58. The van der Waals surface area contributed by atoms with Gasteiger partial charge in [-0.3, -0.25) is 9.59 Å². The maximum absolute atomic E-state index is 14.3. The van der Waals surface area contributed by atoms with Crippen LogP contribution < -0.4 is 20.1 Å². The van der Waals surface area contributed by atoms with Crippen LogP contribution in [0.2, 0.25) is 5.02 Å². The Hall–Kier alpha value is -3.73. The summed E-state index contributed by atoms with van der Waals surface area (Å²) in [5.74, 6) is -1.18. The Bertz CT molecular complexity index is 1740. The lowest BCUT2D eigenvalue weighted by atomic mass is 10.0. The molecule has 16 heteroatoms. The molecule has 0 spiro atoms. The third kappa shape index (κ3) is 12.5. The summed E-state index contributed by atoms with van der Waals surface area (Å²) in [6.07, 6.45) is 0.0143. The predicted octanol–water partition coefficient (Wildman–Crippen LogP) is 4.80. The van der Waals surface area contributed by atoms with Gasteiger partial charge in [0.1, 0.15) is 29.3 Å². The van der Waals surface area contributed by atoms with Gasteiger partial charge >= 0.3 is 6.09 Å². The molecular weight excluding hydrogens is 780 g/mol. The highest BCUT2D eigenvalue weighted by Gasteiger charge is 2.39. The lowest BCUT2D eigenvalue weighted by Gasteiger charge is -2.31. The monoisotopic (exact) mass is 822 g/mol. The number of carbonyl (C=O) groups excluding carboxylic acids is 3. The van der Waals surface area contributed by atoms with Crippen molar-refractivity contribution in [1.29, 1.82) is 0 Å². The number of rotatable bonds is 20. The number of halogens is 2. The maximum atomic E-state index is 14.3. The van der Waals surface area contributed by atoms with E-state index in [9.17, 15) is 22.8 Å². The minimum atomic E-state index is -4.32. The summed E-state index contributed by atoms with van der Waals surface area (Å²) in [5, 5.41) is 5.40. The molecule has 2 unspecified atom stereocenters. The van der Waals surface area contributed by atoms with Gasteiger partial charge in [-0.25, -0.2) is 17.9 Å². The van der Waals surface area contributed by atoms with E-state index in [4.69, 9.17) is 30.5 Å². The molecule has 4 rings (SSSR count). The molecule has 0 bridgehead atoms. The fourth-order valence-corrected chi connectivity index (χ4v) is 7.01. The van der Waals surface area contributed by atoms with Crippen LogP contribution in [0.3, 0.4) is 0 Å². The van der Waals surface area contributed by atoms with Gasteiger partial charge < -0.3 is 34.5 Å². The number of benzene rings is 3. The topological polar surface area (TPSA) is 162 Å². The third-order valence-corrected chi connectivity index (χ3v) is 10.2. The minimum Gasteiger partial charge on any atom is -0.495 e. The SMILES string of the molecule is CCOC(CN(C(=O)C(Cc1ccc(Br)cc1)NC(=O)C(CNS(=O)(=O)c1cc(Cl)ccc1OC)NC(=O)OCc1ccccc1)C1CC1)OCC. The average Bonchev–Trinajstić information content (AvgIpc) is 3.98. The first-order valence-corrected chi connectivity index (χ1v) is 19.5. The van der Waals surface area contributed by atoms with E-state index in [-0.39, 0.29) is 47.2 Å². The first-order valence-electron chi connectivity index (χ1n) is 16.8. The molecule has 2 atom stereocenters. The van der Waals surface area contributed by atoms with Crippen molar-refractivity contribution in [1.82, 2.24) is 20.3 Å². The minimum absolute atomic E-state index is 0.0193. The van der Waals surface area contributed by atoms with Gasteiger partial charge in [-0.05, 0) is 68.1 Å². The molecule has 0 aliphatic heterocycles. The molecule has 0 radical (unpaired) electrons. The zero-order valence-corrected chi connectivity index (χ0v) is 32.3. The first-order chi connectivity index (χ1) is 24.9. The van der Waals surface area contributed by atoms with E-state index in [2.05, 4.69) is 31.3 Å². The summed E-state index contributed by atoms with van der Waals surface area (Å²) in [4.78, 5) is 42.8. The quantitative estimate of drug-likeness (QED) is 0.136. The third-order valence-electron chi connectivity index (χ3n) is 8.00. The van der Waals surface area contributed by atoms with Crippen LogP contribution in [-0.2, 0) is 46.9 Å². The number of alkyl carbamates (subject to hydrolysis) is 1. The summed E-state index contributed by atoms with van der Waals surface area (Å²) in [5.41, 5.74) is 1.45. The van der Waals surface area contributed by atoms with Gasteiger partial charge in [0.25, 0.3) is 0 Å². The van der Waals surface area contributed by atoms with Crippen LogP contribution >= 0.6 is 27.5 Å². The number of ether oxygens (including phenoxy) is 4. The van der Waals surface area contributed by atoms with Crippen LogP contribution in [-0.4, -0.2) is 89.1 Å². The van der Waals surface area contributed by atoms with Crippen molar-refractivity contribution in [3.8, 4) is 5.75 Å². The van der Waals surface area contributed by atoms with Crippen LogP contribution in [0.15, 0.2) is 82.2 Å². The summed E-state index contributed by atoms with van der Waals surface area (Å²) in [6.45, 7) is 3.86. The van der Waals surface area contributed by atoms with Gasteiger partial charge in [0.15, 0.2) is 6.29 Å². The van der Waals surface area contributed by atoms with Crippen LogP contribution in [0.25, 0.3) is 0 Å². The molecule has 3 amide bonds. The van der Waals surface area contributed by atoms with Crippen LogP contribution in [0.4, 0.5) is 4.79 Å². The van der Waals surface area contributed by atoms with Crippen LogP contribution in [0, 0.1) is 0 Å². The van der Waals surface area contributed by atoms with Gasteiger partial charge in [0.2, 0.25) is 21.8 Å². The second-order valence-corrected chi connectivity index (χ2v) is 14.9. The molecule has 0 saturated heterocycles. The smallest absolute Gasteiger partial charge is 0.408 e. The molecular formula is C36H44BrClN4O9S. The molecule has 1 fully saturated rings. The van der Waals surface area contributed by atoms with Crippen molar-refractivity contribution in [2.75, 3.05) is 33.4 Å². The molecule has 3 aromatic rings. The number of sulfonamides is 1. The van der Waals surface area contributed by atoms with Gasteiger partial charge in [0.05, 0.1) is 13.7 Å². The van der Waals surface area contributed by atoms with E-state index in [1.165, 1.54) is 25.3 Å². The molecule has 3 aromatic carbocycles. The average molecular weight is 824 g/mol. The van der Waals surface area contributed by atoms with E-state index in [1.54, 1.807) is 29.2 Å². The molecule has 0 heterocycles. The number of nitrogens with zero attached hydrogens (tertiary/aromatic N) is 1. The number of hydrogen-bond acceptors (Lipinski definition) is 9. The molecule has 52 heavy (non-hydrogen) atoms. The second-order valence-electron chi connectivity index (χ2n) is 11.9. The highest BCUT2D eigenvalue weighted by atomic mass is 79.9. The van der Waals surface area contributed by atoms with E-state index >= 15 is 0 Å². The molecule has 0 aromatic heterocycles. The fraction of sp³-hybridized carbons (Fsp3) is 0.417. The first kappa shape index (κ1) is 41.0. The van der Waals surface area contributed by atoms with Gasteiger partial charge in [-0.1, -0.05) is 70.0 Å². The van der Waals surface area contributed by atoms with Crippen molar-refractivity contribution < 1.29 is 41.7 Å². The Morgan fingerprint density at radius 3 is 2.21 bits per heavy atom. The molecule has 3 N–H and O–H groups in total. The van der Waals surface area contributed by atoms with Gasteiger partial charge in [-0.2, -0.15) is 0 Å². The largest absolute Gasteiger partial charge is 0.495 e. The molecule has 1 saturated carbocycles. The van der Waals surface area contributed by atoms with Crippen molar-refractivity contribution >= 4 is 55.5 Å². The van der Waals surface area contributed by atoms with Crippen molar-refractivity contribution in [2.24, 2.45) is 0 Å². The number of methoxy groups -OCH3 is 1. The number of nitrogens with one attached hydrogen (secondary N) is 3. The van der Waals surface area contributed by atoms with Crippen molar-refractivity contribution in [2.45, 2.75) is 69.0 Å². The van der Waals surface area contributed by atoms with E-state index in [0.29, 0.717) is 18.8 Å². The highest BCUT2D eigenvalue weighted by molar-refractivity contribution is 9.10. The van der Waals surface area contributed by atoms with Crippen molar-refractivity contribution in [3.63, 3.8) is 0 Å². The normalized spacial score (nSPS) is 14.0. The Labute approximate surface area is 317 Å². The predicted molar refractivity (Wildman–Crippen MR) is 198 cm³/mol. The Balaban J connectivity index is 1.61. The van der Waals surface area contributed by atoms with E-state index < -0.39 is 46.9 Å². The van der Waals surface area contributed by atoms with Crippen molar-refractivity contribution in [3.05, 3.63) is 93.4 Å². The fourth-order valence-electron chi connectivity index (χ4n) is 5.27. The molecule has 1 aliphatic carbocycles. The number of hydrogen-bond donors (Lipinski definition) is 3. The Kier molecular flexibility index (Phi) is 15.7. The molecule has 1 aliphatic rings. The summed E-state index contributed by atoms with van der Waals surface area (Å²) in [6, 6.07) is 17.6. The maximum Gasteiger partial charge on any atom is 0.408 e. The standard InChI is InChI=1S/C36H44BrClN4O9S/c1-4-49-33(50-5-2)22-42(28-16-17-28)35(44)29(19-24-11-13-26(37)14-12-24)40-34(43)30(41-36(45)51-23-25-9-7-6-8-10-25)21-39-52(46,47)32-20-27(38)15-18-31(32)48-3/h6-15,18,20,28-30,33,39H,4-5,16-17,19,21-23H2,1-3H3,(H,40,43)(H,41,45). The van der Waals surface area contributed by atoms with E-state index in [1.807, 2.05) is 44.2 Å². The Morgan fingerprint density at radius 1 is 0.923 bits per heavy atom. The highest BCUT2D eigenvalue weighted by Crippen LogP contribution is 2.29. The molecule has 13 nitrogen and oxygen atoms in total. The summed E-state index contributed by atoms with van der Waals surface area (Å²) >= 11 is 9.51. The van der Waals surface area contributed by atoms with Gasteiger partial charge in [-0.15, -0.1) is 0 Å². The lowest BCUT2D eigenvalue weighted by molar-refractivity contribution is -0.161. The summed E-state index contributed by atoms with van der Waals surface area (Å²) in [7, 11) is -3.02. The van der Waals surface area contributed by atoms with Crippen LogP contribution in [0.1, 0.15) is 37.8 Å². The van der Waals surface area contributed by atoms with E-state index in [0.717, 1.165) is 22.9 Å². The molecule has 282 valence electrons.